The molecule has 0 saturated heterocycles. The van der Waals surface area contributed by atoms with Crippen molar-refractivity contribution >= 4 is 22.8 Å². The Labute approximate surface area is 160 Å². The van der Waals surface area contributed by atoms with Crippen molar-refractivity contribution in [2.24, 2.45) is 17.8 Å². The topological polar surface area (TPSA) is 86.0 Å². The molecule has 2 aromatic rings. The maximum Gasteiger partial charge on any atom is 0.333 e. The fourth-order valence-corrected chi connectivity index (χ4v) is 6.00. The maximum atomic E-state index is 13.8. The molecule has 0 atom stereocenters. The molecule has 1 aromatic heterocycles. The number of fused-ring (bicyclic) bond motifs is 1. The summed E-state index contributed by atoms with van der Waals surface area (Å²) < 4.78 is 27.1. The number of hydrogen-bond acceptors (Lipinski definition) is 2. The van der Waals surface area contributed by atoms with Gasteiger partial charge in [-0.3, -0.25) is 10.2 Å². The molecular weight excluding hydrogens is 366 g/mol. The second-order valence-electron chi connectivity index (χ2n) is 8.76. The van der Waals surface area contributed by atoms with E-state index in [1.807, 2.05) is 0 Å². The van der Waals surface area contributed by atoms with E-state index in [2.05, 4.69) is 21.2 Å². The van der Waals surface area contributed by atoms with Crippen molar-refractivity contribution in [1.82, 2.24) is 21.2 Å². The maximum absolute atomic E-state index is 13.8. The van der Waals surface area contributed by atoms with Crippen LogP contribution >= 0.6 is 0 Å². The molecule has 1 aromatic carbocycles. The van der Waals surface area contributed by atoms with Crippen LogP contribution in [0.4, 0.5) is 13.6 Å². The van der Waals surface area contributed by atoms with Gasteiger partial charge in [-0.2, -0.15) is 0 Å². The van der Waals surface area contributed by atoms with Crippen molar-refractivity contribution < 1.29 is 18.4 Å². The number of aromatic amines is 1. The van der Waals surface area contributed by atoms with Crippen LogP contribution in [-0.4, -0.2) is 22.5 Å². The second-order valence-corrected chi connectivity index (χ2v) is 8.76. The van der Waals surface area contributed by atoms with Crippen LogP contribution in [0.3, 0.4) is 0 Å². The van der Waals surface area contributed by atoms with Gasteiger partial charge in [0.05, 0.1) is 5.52 Å². The number of halogens is 2. The summed E-state index contributed by atoms with van der Waals surface area (Å²) in [6, 6.07) is 2.72. The number of urea groups is 1. The molecule has 4 fully saturated rings. The molecule has 6 nitrogen and oxygen atoms in total. The van der Waals surface area contributed by atoms with Gasteiger partial charge >= 0.3 is 6.03 Å². The van der Waals surface area contributed by atoms with E-state index in [1.165, 1.54) is 25.3 Å². The van der Waals surface area contributed by atoms with Crippen LogP contribution in [0.2, 0.25) is 0 Å². The van der Waals surface area contributed by atoms with Crippen molar-refractivity contribution in [3.8, 4) is 0 Å². The normalized spacial score (nSPS) is 30.4. The van der Waals surface area contributed by atoms with Crippen LogP contribution in [0, 0.1) is 29.4 Å². The first-order valence-electron chi connectivity index (χ1n) is 9.75. The number of aromatic nitrogens is 1. The van der Waals surface area contributed by atoms with Crippen LogP contribution in [0.25, 0.3) is 10.9 Å². The molecule has 1 heterocycles. The van der Waals surface area contributed by atoms with Crippen molar-refractivity contribution in [3.05, 3.63) is 35.5 Å². The number of H-pyrrole nitrogens is 1. The fourth-order valence-electron chi connectivity index (χ4n) is 6.00. The molecule has 4 bridgehead atoms. The molecule has 4 aliphatic carbocycles. The number of nitrogens with one attached hydrogen (secondary N) is 4. The van der Waals surface area contributed by atoms with Crippen molar-refractivity contribution in [3.63, 3.8) is 0 Å². The lowest BCUT2D eigenvalue weighted by molar-refractivity contribution is -0.0137. The summed E-state index contributed by atoms with van der Waals surface area (Å²) in [5, 5.41) is 3.21. The first-order chi connectivity index (χ1) is 13.4. The number of carbonyl (C=O) groups excluding carboxylic acids is 2. The van der Waals surface area contributed by atoms with E-state index >= 15 is 0 Å². The predicted octanol–water partition coefficient (Wildman–Crippen LogP) is 3.36. The van der Waals surface area contributed by atoms with E-state index in [0.29, 0.717) is 17.8 Å². The van der Waals surface area contributed by atoms with Crippen molar-refractivity contribution in [2.75, 3.05) is 0 Å². The van der Waals surface area contributed by atoms with Crippen molar-refractivity contribution in [2.45, 2.75) is 44.1 Å². The highest BCUT2D eigenvalue weighted by atomic mass is 19.1. The molecule has 0 unspecified atom stereocenters. The molecule has 3 amide bonds. The number of benzene rings is 1. The number of amides is 3. The van der Waals surface area contributed by atoms with Gasteiger partial charge < -0.3 is 10.3 Å². The lowest BCUT2D eigenvalue weighted by atomic mass is 9.53. The standard InChI is InChI=1S/C20H22F2N4O2/c21-13-4-15(22)14-6-17(23-16(14)5-13)18(27)25-26-19(28)24-20-7-10-1-11(8-20)3-12(2-10)9-20/h4-6,10-12,23H,1-3,7-9H2,(H,25,27)(H2,24,26,28). The van der Waals surface area contributed by atoms with E-state index < -0.39 is 23.6 Å². The fraction of sp³-hybridized carbons (Fsp3) is 0.500. The van der Waals surface area contributed by atoms with Crippen molar-refractivity contribution in [1.29, 1.82) is 0 Å². The second kappa shape index (κ2) is 6.18. The molecule has 4 aliphatic rings. The summed E-state index contributed by atoms with van der Waals surface area (Å²) in [5.74, 6) is -0.0188. The zero-order chi connectivity index (χ0) is 19.5. The number of rotatable bonds is 2. The third-order valence-corrected chi connectivity index (χ3v) is 6.60. The third kappa shape index (κ3) is 3.00. The Morgan fingerprint density at radius 2 is 1.61 bits per heavy atom. The average molecular weight is 388 g/mol. The van der Waals surface area contributed by atoms with E-state index in [0.717, 1.165) is 31.4 Å². The lowest BCUT2D eigenvalue weighted by Crippen LogP contribution is -2.62. The van der Waals surface area contributed by atoms with Gasteiger partial charge in [0.1, 0.15) is 17.3 Å². The quantitative estimate of drug-likeness (QED) is 0.595. The van der Waals surface area contributed by atoms with Crippen LogP contribution in [0.5, 0.6) is 0 Å². The zero-order valence-corrected chi connectivity index (χ0v) is 15.3. The Balaban J connectivity index is 1.22. The summed E-state index contributed by atoms with van der Waals surface area (Å²) in [5.41, 5.74) is 4.77. The van der Waals surface area contributed by atoms with Crippen LogP contribution in [0.15, 0.2) is 18.2 Å². The summed E-state index contributed by atoms with van der Waals surface area (Å²) in [6.45, 7) is 0. The molecule has 4 saturated carbocycles. The predicted molar refractivity (Wildman–Crippen MR) is 98.3 cm³/mol. The summed E-state index contributed by atoms with van der Waals surface area (Å²) >= 11 is 0. The molecule has 4 N–H and O–H groups in total. The zero-order valence-electron chi connectivity index (χ0n) is 15.3. The minimum Gasteiger partial charge on any atom is -0.350 e. The number of hydrogen-bond donors (Lipinski definition) is 4. The Morgan fingerprint density at radius 1 is 0.964 bits per heavy atom. The van der Waals surface area contributed by atoms with Crippen LogP contribution in [0.1, 0.15) is 49.0 Å². The first kappa shape index (κ1) is 17.5. The summed E-state index contributed by atoms with van der Waals surface area (Å²) in [4.78, 5) is 27.3. The smallest absolute Gasteiger partial charge is 0.333 e. The van der Waals surface area contributed by atoms with E-state index in [1.54, 1.807) is 0 Å². The van der Waals surface area contributed by atoms with Gasteiger partial charge in [0.25, 0.3) is 5.91 Å². The summed E-state index contributed by atoms with van der Waals surface area (Å²) in [7, 11) is 0. The monoisotopic (exact) mass is 388 g/mol. The largest absolute Gasteiger partial charge is 0.350 e. The Morgan fingerprint density at radius 3 is 2.25 bits per heavy atom. The number of hydrazine groups is 1. The van der Waals surface area contributed by atoms with Gasteiger partial charge in [-0.05, 0) is 68.4 Å². The average Bonchev–Trinajstić information content (AvgIpc) is 3.02. The van der Waals surface area contributed by atoms with E-state index in [9.17, 15) is 18.4 Å². The molecule has 6 rings (SSSR count). The molecule has 8 heteroatoms. The molecule has 28 heavy (non-hydrogen) atoms. The lowest BCUT2D eigenvalue weighted by Gasteiger charge is -2.56. The molecule has 0 radical (unpaired) electrons. The van der Waals surface area contributed by atoms with Gasteiger partial charge in [0, 0.05) is 17.0 Å². The van der Waals surface area contributed by atoms with Gasteiger partial charge in [0.2, 0.25) is 0 Å². The molecular formula is C20H22F2N4O2. The SMILES string of the molecule is O=C(NNC(=O)c1cc2c(F)cc(F)cc2[nH]1)NC12CC3CC(CC(C3)C1)C2. The van der Waals surface area contributed by atoms with Crippen LogP contribution < -0.4 is 16.2 Å². The Hall–Kier alpha value is -2.64. The highest BCUT2D eigenvalue weighted by Gasteiger charge is 2.51. The Bertz CT molecular complexity index is 935. The highest BCUT2D eigenvalue weighted by Crippen LogP contribution is 2.55. The first-order valence-corrected chi connectivity index (χ1v) is 9.75. The number of carbonyl (C=O) groups is 2. The molecule has 0 aliphatic heterocycles. The van der Waals surface area contributed by atoms with Gasteiger partial charge in [0.15, 0.2) is 0 Å². The van der Waals surface area contributed by atoms with Gasteiger partial charge in [-0.1, -0.05) is 0 Å². The molecule has 0 spiro atoms. The highest BCUT2D eigenvalue weighted by molar-refractivity contribution is 5.98. The minimum absolute atomic E-state index is 0.0367. The van der Waals surface area contributed by atoms with Gasteiger partial charge in [-0.15, -0.1) is 0 Å². The van der Waals surface area contributed by atoms with Crippen LogP contribution in [-0.2, 0) is 0 Å². The minimum atomic E-state index is -0.752. The van der Waals surface area contributed by atoms with E-state index in [4.69, 9.17) is 0 Å². The molecule has 148 valence electrons. The summed E-state index contributed by atoms with van der Waals surface area (Å²) in [6.07, 6.45) is 6.85. The Kier molecular flexibility index (Phi) is 3.86. The third-order valence-electron chi connectivity index (χ3n) is 6.60. The van der Waals surface area contributed by atoms with Gasteiger partial charge in [-0.25, -0.2) is 19.0 Å². The van der Waals surface area contributed by atoms with E-state index in [-0.39, 0.29) is 22.1 Å².